The zero-order valence-corrected chi connectivity index (χ0v) is 20.1. The highest BCUT2D eigenvalue weighted by Gasteiger charge is 2.24. The monoisotopic (exact) mass is 450 g/mol. The lowest BCUT2D eigenvalue weighted by molar-refractivity contribution is -0.134. The summed E-state index contributed by atoms with van der Waals surface area (Å²) in [6.07, 6.45) is 0.947. The van der Waals surface area contributed by atoms with Gasteiger partial charge in [-0.3, -0.25) is 19.3 Å². The van der Waals surface area contributed by atoms with Crippen LogP contribution in [0.3, 0.4) is 0 Å². The Morgan fingerprint density at radius 3 is 2.12 bits per heavy atom. The Morgan fingerprint density at radius 1 is 0.939 bits per heavy atom. The highest BCUT2D eigenvalue weighted by Crippen LogP contribution is 2.19. The molecule has 0 radical (unpaired) electrons. The number of hydrogen-bond donors (Lipinski definition) is 1. The number of carbonyl (C=O) groups is 3. The molecule has 0 unspecified atom stereocenters. The van der Waals surface area contributed by atoms with Gasteiger partial charge in [0.15, 0.2) is 0 Å². The van der Waals surface area contributed by atoms with Crippen molar-refractivity contribution >= 4 is 23.4 Å². The van der Waals surface area contributed by atoms with Gasteiger partial charge in [0.1, 0.15) is 0 Å². The van der Waals surface area contributed by atoms with Gasteiger partial charge in [0.2, 0.25) is 11.8 Å². The van der Waals surface area contributed by atoms with Crippen molar-refractivity contribution in [2.75, 3.05) is 51.6 Å². The van der Waals surface area contributed by atoms with Crippen molar-refractivity contribution < 1.29 is 14.4 Å². The number of amides is 3. The molecule has 1 fully saturated rings. The van der Waals surface area contributed by atoms with Gasteiger partial charge in [-0.1, -0.05) is 37.3 Å². The summed E-state index contributed by atoms with van der Waals surface area (Å²) < 4.78 is 0. The quantitative estimate of drug-likeness (QED) is 0.704. The van der Waals surface area contributed by atoms with E-state index in [2.05, 4.69) is 12.2 Å². The standard InChI is InChI=1S/C26H34N4O3/c1-5-21-9-11-22(12-10-21)26(33)30-15-13-29(14-16-30)18-24(32)28(4)17-23(31)27-25-19(2)7-6-8-20(25)3/h6-12H,5,13-18H2,1-4H3,(H,27,31). The van der Waals surface area contributed by atoms with Gasteiger partial charge in [-0.15, -0.1) is 0 Å². The molecule has 0 spiro atoms. The number of nitrogens with zero attached hydrogens (tertiary/aromatic N) is 3. The van der Waals surface area contributed by atoms with Crippen molar-refractivity contribution in [3.05, 3.63) is 64.7 Å². The summed E-state index contributed by atoms with van der Waals surface area (Å²) in [5, 5.41) is 2.92. The third-order valence-electron chi connectivity index (χ3n) is 6.18. The second-order valence-electron chi connectivity index (χ2n) is 8.68. The second-order valence-corrected chi connectivity index (χ2v) is 8.68. The van der Waals surface area contributed by atoms with Crippen LogP contribution in [0.2, 0.25) is 0 Å². The Bertz CT molecular complexity index is 975. The molecular formula is C26H34N4O3. The molecule has 1 N–H and O–H groups in total. The van der Waals surface area contributed by atoms with Crippen LogP contribution < -0.4 is 5.32 Å². The van der Waals surface area contributed by atoms with Gasteiger partial charge >= 0.3 is 0 Å². The van der Waals surface area contributed by atoms with E-state index in [1.54, 1.807) is 7.05 Å². The van der Waals surface area contributed by atoms with E-state index >= 15 is 0 Å². The summed E-state index contributed by atoms with van der Waals surface area (Å²) in [6.45, 7) is 8.65. The van der Waals surface area contributed by atoms with E-state index in [0.717, 1.165) is 23.2 Å². The summed E-state index contributed by atoms with van der Waals surface area (Å²) in [7, 11) is 1.65. The van der Waals surface area contributed by atoms with Crippen molar-refractivity contribution in [1.82, 2.24) is 14.7 Å². The Balaban J connectivity index is 1.45. The molecule has 176 valence electrons. The topological polar surface area (TPSA) is 73.0 Å². The van der Waals surface area contributed by atoms with Crippen LogP contribution in [0.25, 0.3) is 0 Å². The predicted octanol–water partition coefficient (Wildman–Crippen LogP) is 2.72. The van der Waals surface area contributed by atoms with Crippen molar-refractivity contribution in [1.29, 1.82) is 0 Å². The zero-order chi connectivity index (χ0) is 24.0. The molecule has 0 atom stereocenters. The average Bonchev–Trinajstić information content (AvgIpc) is 2.81. The number of benzene rings is 2. The summed E-state index contributed by atoms with van der Waals surface area (Å²) in [4.78, 5) is 43.2. The molecular weight excluding hydrogens is 416 g/mol. The van der Waals surface area contributed by atoms with E-state index in [1.807, 2.05) is 66.1 Å². The maximum absolute atomic E-state index is 12.7. The Hall–Kier alpha value is -3.19. The smallest absolute Gasteiger partial charge is 0.253 e. The van der Waals surface area contributed by atoms with E-state index in [9.17, 15) is 14.4 Å². The molecule has 3 rings (SSSR count). The van der Waals surface area contributed by atoms with Gasteiger partial charge in [-0.05, 0) is 49.1 Å². The van der Waals surface area contributed by atoms with Crippen molar-refractivity contribution in [3.63, 3.8) is 0 Å². The largest absolute Gasteiger partial charge is 0.336 e. The molecule has 1 heterocycles. The van der Waals surface area contributed by atoms with E-state index < -0.39 is 0 Å². The first-order valence-electron chi connectivity index (χ1n) is 11.5. The number of rotatable bonds is 7. The van der Waals surface area contributed by atoms with Crippen LogP contribution in [0.15, 0.2) is 42.5 Å². The molecule has 7 heteroatoms. The Morgan fingerprint density at radius 2 is 1.55 bits per heavy atom. The summed E-state index contributed by atoms with van der Waals surface area (Å²) in [5.41, 5.74) is 4.69. The van der Waals surface area contributed by atoms with Gasteiger partial charge in [-0.25, -0.2) is 0 Å². The molecule has 2 aromatic rings. The molecule has 3 amide bonds. The highest BCUT2D eigenvalue weighted by atomic mass is 16.2. The van der Waals surface area contributed by atoms with Crippen molar-refractivity contribution in [2.24, 2.45) is 0 Å². The lowest BCUT2D eigenvalue weighted by Gasteiger charge is -2.35. The third-order valence-corrected chi connectivity index (χ3v) is 6.18. The fraction of sp³-hybridized carbons (Fsp3) is 0.423. The van der Waals surface area contributed by atoms with Crippen molar-refractivity contribution in [3.8, 4) is 0 Å². The molecule has 2 aromatic carbocycles. The van der Waals surface area contributed by atoms with Gasteiger partial charge < -0.3 is 15.1 Å². The van der Waals surface area contributed by atoms with Crippen LogP contribution in [0.1, 0.15) is 34.0 Å². The molecule has 1 aliphatic heterocycles. The molecule has 0 aliphatic carbocycles. The van der Waals surface area contributed by atoms with E-state index in [4.69, 9.17) is 0 Å². The number of anilines is 1. The number of hydrogen-bond acceptors (Lipinski definition) is 4. The normalized spacial score (nSPS) is 14.1. The number of aryl methyl sites for hydroxylation is 3. The molecule has 0 aromatic heterocycles. The van der Waals surface area contributed by atoms with Crippen LogP contribution >= 0.6 is 0 Å². The predicted molar refractivity (Wildman–Crippen MR) is 130 cm³/mol. The SMILES string of the molecule is CCc1ccc(C(=O)N2CCN(CC(=O)N(C)CC(=O)Nc3c(C)cccc3C)CC2)cc1. The van der Waals surface area contributed by atoms with Crippen LogP contribution in [0, 0.1) is 13.8 Å². The second kappa shape index (κ2) is 11.1. The highest BCUT2D eigenvalue weighted by molar-refractivity contribution is 5.96. The number of nitrogens with one attached hydrogen (secondary N) is 1. The van der Waals surface area contributed by atoms with Crippen LogP contribution in [0.4, 0.5) is 5.69 Å². The number of carbonyl (C=O) groups excluding carboxylic acids is 3. The lowest BCUT2D eigenvalue weighted by Crippen LogP contribution is -2.51. The third kappa shape index (κ3) is 6.42. The maximum atomic E-state index is 12.7. The van der Waals surface area contributed by atoms with Crippen LogP contribution in [-0.2, 0) is 16.0 Å². The molecule has 33 heavy (non-hydrogen) atoms. The summed E-state index contributed by atoms with van der Waals surface area (Å²) in [6, 6.07) is 13.6. The van der Waals surface area contributed by atoms with E-state index in [1.165, 1.54) is 10.5 Å². The van der Waals surface area contributed by atoms with Gasteiger partial charge in [0.25, 0.3) is 5.91 Å². The Kier molecular flexibility index (Phi) is 8.22. The first-order chi connectivity index (χ1) is 15.8. The summed E-state index contributed by atoms with van der Waals surface area (Å²) >= 11 is 0. The van der Waals surface area contributed by atoms with Crippen LogP contribution in [-0.4, -0.2) is 78.7 Å². The maximum Gasteiger partial charge on any atom is 0.253 e. The Labute approximate surface area is 196 Å². The number of para-hydroxylation sites is 1. The number of likely N-dealkylation sites (N-methyl/N-ethyl adjacent to an activating group) is 1. The van der Waals surface area contributed by atoms with E-state index in [0.29, 0.717) is 31.7 Å². The van der Waals surface area contributed by atoms with Gasteiger partial charge in [0, 0.05) is 44.5 Å². The molecule has 1 aliphatic rings. The average molecular weight is 451 g/mol. The van der Waals surface area contributed by atoms with Crippen LogP contribution in [0.5, 0.6) is 0 Å². The molecule has 0 bridgehead atoms. The minimum atomic E-state index is -0.215. The lowest BCUT2D eigenvalue weighted by atomic mass is 10.1. The van der Waals surface area contributed by atoms with Gasteiger partial charge in [-0.2, -0.15) is 0 Å². The van der Waals surface area contributed by atoms with Crippen molar-refractivity contribution in [2.45, 2.75) is 27.2 Å². The van der Waals surface area contributed by atoms with E-state index in [-0.39, 0.29) is 30.8 Å². The minimum Gasteiger partial charge on any atom is -0.336 e. The molecule has 0 saturated carbocycles. The summed E-state index contributed by atoms with van der Waals surface area (Å²) in [5.74, 6) is -0.293. The zero-order valence-electron chi connectivity index (χ0n) is 20.1. The fourth-order valence-electron chi connectivity index (χ4n) is 3.98. The van der Waals surface area contributed by atoms with Gasteiger partial charge in [0.05, 0.1) is 13.1 Å². The fourth-order valence-corrected chi connectivity index (χ4v) is 3.98. The molecule has 7 nitrogen and oxygen atoms in total. The number of piperazine rings is 1. The molecule has 1 saturated heterocycles. The minimum absolute atomic E-state index is 0.00118. The first kappa shape index (κ1) is 24.5. The first-order valence-corrected chi connectivity index (χ1v) is 11.5.